The Morgan fingerprint density at radius 2 is 1.72 bits per heavy atom. The van der Waals surface area contributed by atoms with Crippen molar-refractivity contribution in [3.63, 3.8) is 0 Å². The minimum atomic E-state index is -0.243. The van der Waals surface area contributed by atoms with E-state index in [4.69, 9.17) is 0 Å². The van der Waals surface area contributed by atoms with E-state index in [0.29, 0.717) is 11.8 Å². The highest BCUT2D eigenvalue weighted by molar-refractivity contribution is 8.00. The number of nitrogens with zero attached hydrogens (tertiary/aromatic N) is 5. The maximum atomic E-state index is 13.3. The number of aryl methyl sites for hydroxylation is 2. The Morgan fingerprint density at radius 1 is 1.03 bits per heavy atom. The van der Waals surface area contributed by atoms with Crippen molar-refractivity contribution in [1.82, 2.24) is 24.6 Å². The summed E-state index contributed by atoms with van der Waals surface area (Å²) in [6, 6.07) is 10.2. The molecule has 1 aliphatic heterocycles. The summed E-state index contributed by atoms with van der Waals surface area (Å²) in [5.74, 6) is 2.00. The predicted molar refractivity (Wildman–Crippen MR) is 129 cm³/mol. The number of aromatic nitrogens is 4. The van der Waals surface area contributed by atoms with E-state index < -0.39 is 0 Å². The van der Waals surface area contributed by atoms with Crippen molar-refractivity contribution in [3.8, 4) is 17.1 Å². The van der Waals surface area contributed by atoms with Crippen LogP contribution < -0.4 is 0 Å². The predicted octanol–water partition coefficient (Wildman–Crippen LogP) is 4.93. The Labute approximate surface area is 194 Å². The molecule has 0 N–H and O–H groups in total. The number of hydrogen-bond acceptors (Lipinski definition) is 5. The van der Waals surface area contributed by atoms with Gasteiger partial charge in [0.05, 0.1) is 10.9 Å². The first-order chi connectivity index (χ1) is 15.3. The van der Waals surface area contributed by atoms with Crippen LogP contribution in [0.3, 0.4) is 0 Å². The Hall–Kier alpha value is -2.67. The molecule has 0 saturated carbocycles. The summed E-state index contributed by atoms with van der Waals surface area (Å²) in [7, 11) is 0. The van der Waals surface area contributed by atoms with Crippen LogP contribution in [0.1, 0.15) is 38.3 Å². The molecule has 1 aliphatic rings. The number of hydrogen-bond donors (Lipinski definition) is 0. The summed E-state index contributed by atoms with van der Waals surface area (Å²) in [5, 5.41) is 9.48. The summed E-state index contributed by atoms with van der Waals surface area (Å²) in [6.45, 7) is 12.3. The molecule has 1 aromatic carbocycles. The molecule has 3 atom stereocenters. The molecule has 0 bridgehead atoms. The highest BCUT2D eigenvalue weighted by atomic mass is 32.2. The third kappa shape index (κ3) is 4.72. The van der Waals surface area contributed by atoms with E-state index in [1.165, 1.54) is 29.3 Å². The molecule has 4 rings (SSSR count). The van der Waals surface area contributed by atoms with Gasteiger partial charge in [0.2, 0.25) is 5.91 Å². The van der Waals surface area contributed by atoms with E-state index in [9.17, 15) is 4.79 Å². The second-order valence-electron chi connectivity index (χ2n) is 9.10. The maximum Gasteiger partial charge on any atom is 0.235 e. The summed E-state index contributed by atoms with van der Waals surface area (Å²) >= 11 is 1.48. The van der Waals surface area contributed by atoms with Gasteiger partial charge in [0.15, 0.2) is 11.0 Å². The SMILES string of the molecule is Cc1ccc(-n2c(SC(C)C(=O)N3CC(C)CC(C)C3)nnc2-c2ccncc2)cc1C. The molecule has 0 aliphatic carbocycles. The molecule has 32 heavy (non-hydrogen) atoms. The highest BCUT2D eigenvalue weighted by Gasteiger charge is 2.30. The van der Waals surface area contributed by atoms with Crippen LogP contribution in [0.4, 0.5) is 0 Å². The fraction of sp³-hybridized carbons (Fsp3) is 0.440. The fourth-order valence-corrected chi connectivity index (χ4v) is 5.39. The maximum absolute atomic E-state index is 13.3. The van der Waals surface area contributed by atoms with E-state index in [1.54, 1.807) is 12.4 Å². The number of likely N-dealkylation sites (tertiary alicyclic amines) is 1. The number of benzene rings is 1. The molecule has 3 aromatic rings. The van der Waals surface area contributed by atoms with Gasteiger partial charge in [-0.05, 0) is 74.4 Å². The highest BCUT2D eigenvalue weighted by Crippen LogP contribution is 2.32. The van der Waals surface area contributed by atoms with Crippen LogP contribution in [-0.2, 0) is 4.79 Å². The molecule has 168 valence electrons. The number of rotatable bonds is 5. The Morgan fingerprint density at radius 3 is 2.38 bits per heavy atom. The number of pyridine rings is 1. The van der Waals surface area contributed by atoms with Gasteiger partial charge in [-0.25, -0.2) is 0 Å². The first-order valence-corrected chi connectivity index (χ1v) is 12.1. The lowest BCUT2D eigenvalue weighted by molar-refractivity contribution is -0.132. The number of carbonyl (C=O) groups excluding carboxylic acids is 1. The van der Waals surface area contributed by atoms with Gasteiger partial charge in [-0.3, -0.25) is 14.3 Å². The van der Waals surface area contributed by atoms with Crippen LogP contribution in [0.25, 0.3) is 17.1 Å². The van der Waals surface area contributed by atoms with Gasteiger partial charge in [0.1, 0.15) is 0 Å². The van der Waals surface area contributed by atoms with E-state index in [1.807, 2.05) is 24.0 Å². The first-order valence-electron chi connectivity index (χ1n) is 11.2. The topological polar surface area (TPSA) is 63.9 Å². The third-order valence-corrected chi connectivity index (χ3v) is 7.16. The number of carbonyl (C=O) groups is 1. The summed E-state index contributed by atoms with van der Waals surface area (Å²) < 4.78 is 2.05. The van der Waals surface area contributed by atoms with Crippen LogP contribution in [0, 0.1) is 25.7 Å². The van der Waals surface area contributed by atoms with Crippen LogP contribution in [0.5, 0.6) is 0 Å². The molecule has 7 heteroatoms. The van der Waals surface area contributed by atoms with Gasteiger partial charge in [0, 0.05) is 31.0 Å². The first kappa shape index (κ1) is 22.5. The fourth-order valence-electron chi connectivity index (χ4n) is 4.44. The zero-order valence-electron chi connectivity index (χ0n) is 19.4. The van der Waals surface area contributed by atoms with E-state index in [-0.39, 0.29) is 11.2 Å². The molecule has 2 aromatic heterocycles. The number of piperidine rings is 1. The average molecular weight is 450 g/mol. The van der Waals surface area contributed by atoms with Gasteiger partial charge in [-0.1, -0.05) is 31.7 Å². The molecule has 0 spiro atoms. The lowest BCUT2D eigenvalue weighted by Crippen LogP contribution is -2.45. The Kier molecular flexibility index (Phi) is 6.65. The number of amides is 1. The lowest BCUT2D eigenvalue weighted by Gasteiger charge is -2.36. The van der Waals surface area contributed by atoms with Crippen molar-refractivity contribution in [2.24, 2.45) is 11.8 Å². The summed E-state index contributed by atoms with van der Waals surface area (Å²) in [5.41, 5.74) is 4.37. The molecule has 3 heterocycles. The normalized spacial score (nSPS) is 19.7. The van der Waals surface area contributed by atoms with Gasteiger partial charge in [0.25, 0.3) is 0 Å². The minimum absolute atomic E-state index is 0.175. The Bertz CT molecular complexity index is 1090. The van der Waals surface area contributed by atoms with Crippen molar-refractivity contribution in [2.75, 3.05) is 13.1 Å². The van der Waals surface area contributed by atoms with Crippen molar-refractivity contribution in [1.29, 1.82) is 0 Å². The van der Waals surface area contributed by atoms with E-state index in [2.05, 4.69) is 65.6 Å². The average Bonchev–Trinajstić information content (AvgIpc) is 3.18. The standard InChI is InChI=1S/C25H31N5OS/c1-16-12-17(2)15-29(14-16)24(31)20(5)32-25-28-27-23(21-8-10-26-11-9-21)30(25)22-7-6-18(3)19(4)13-22/h6-11,13,16-17,20H,12,14-15H2,1-5H3. The van der Waals surface area contributed by atoms with Crippen molar-refractivity contribution in [2.45, 2.75) is 51.4 Å². The molecular formula is C25H31N5OS. The van der Waals surface area contributed by atoms with Crippen LogP contribution >= 0.6 is 11.8 Å². The second kappa shape index (κ2) is 9.45. The van der Waals surface area contributed by atoms with Gasteiger partial charge >= 0.3 is 0 Å². The second-order valence-corrected chi connectivity index (χ2v) is 10.4. The third-order valence-electron chi connectivity index (χ3n) is 6.13. The smallest absolute Gasteiger partial charge is 0.235 e. The van der Waals surface area contributed by atoms with Gasteiger partial charge < -0.3 is 4.90 Å². The van der Waals surface area contributed by atoms with Crippen LogP contribution in [0.2, 0.25) is 0 Å². The summed E-state index contributed by atoms with van der Waals surface area (Å²) in [6.07, 6.45) is 4.69. The molecule has 1 fully saturated rings. The Balaban J connectivity index is 1.67. The number of thioether (sulfide) groups is 1. The largest absolute Gasteiger partial charge is 0.341 e. The quantitative estimate of drug-likeness (QED) is 0.517. The van der Waals surface area contributed by atoms with E-state index >= 15 is 0 Å². The van der Waals surface area contributed by atoms with Crippen molar-refractivity contribution in [3.05, 3.63) is 53.9 Å². The summed E-state index contributed by atoms with van der Waals surface area (Å²) in [4.78, 5) is 19.4. The minimum Gasteiger partial charge on any atom is -0.341 e. The van der Waals surface area contributed by atoms with Gasteiger partial charge in [-0.2, -0.15) is 0 Å². The van der Waals surface area contributed by atoms with Crippen molar-refractivity contribution >= 4 is 17.7 Å². The molecule has 1 saturated heterocycles. The molecule has 3 unspecified atom stereocenters. The molecule has 0 radical (unpaired) electrons. The lowest BCUT2D eigenvalue weighted by atomic mass is 9.92. The molecule has 1 amide bonds. The monoisotopic (exact) mass is 449 g/mol. The van der Waals surface area contributed by atoms with Crippen molar-refractivity contribution < 1.29 is 4.79 Å². The zero-order chi connectivity index (χ0) is 22.8. The van der Waals surface area contributed by atoms with Gasteiger partial charge in [-0.15, -0.1) is 10.2 Å². The molecular weight excluding hydrogens is 418 g/mol. The molecule has 6 nitrogen and oxygen atoms in total. The van der Waals surface area contributed by atoms with Crippen LogP contribution in [0.15, 0.2) is 47.9 Å². The zero-order valence-corrected chi connectivity index (χ0v) is 20.3. The van der Waals surface area contributed by atoms with Crippen LogP contribution in [-0.4, -0.2) is 48.9 Å². The van der Waals surface area contributed by atoms with E-state index in [0.717, 1.165) is 35.3 Å².